The van der Waals surface area contributed by atoms with E-state index in [1.807, 2.05) is 0 Å². The standard InChI is InChI=1S/C16H13Cl3O3S/c17-13-7-8-15(18)14(10-13)16(20)12-5-3-11(4-6-12)2-1-9-23(19,21)22/h3-8,10H,1-2,9H2. The van der Waals surface area contributed by atoms with Gasteiger partial charge in [0.2, 0.25) is 9.05 Å². The summed E-state index contributed by atoms with van der Waals surface area (Å²) < 4.78 is 21.8. The average Bonchev–Trinajstić information content (AvgIpc) is 2.48. The van der Waals surface area contributed by atoms with Crippen LogP contribution in [-0.4, -0.2) is 20.0 Å². The van der Waals surface area contributed by atoms with Crippen molar-refractivity contribution in [3.05, 3.63) is 69.2 Å². The van der Waals surface area contributed by atoms with Gasteiger partial charge in [-0.05, 0) is 36.6 Å². The minimum absolute atomic E-state index is 0.0760. The van der Waals surface area contributed by atoms with Gasteiger partial charge in [-0.25, -0.2) is 8.42 Å². The molecule has 0 saturated carbocycles. The van der Waals surface area contributed by atoms with Gasteiger partial charge in [-0.2, -0.15) is 0 Å². The molecule has 3 nitrogen and oxygen atoms in total. The van der Waals surface area contributed by atoms with E-state index >= 15 is 0 Å². The van der Waals surface area contributed by atoms with E-state index in [4.69, 9.17) is 33.9 Å². The second-order valence-corrected chi connectivity index (χ2v) is 8.74. The molecule has 0 aliphatic heterocycles. The molecule has 7 heteroatoms. The van der Waals surface area contributed by atoms with Gasteiger partial charge >= 0.3 is 0 Å². The lowest BCUT2D eigenvalue weighted by Gasteiger charge is -2.06. The normalized spacial score (nSPS) is 11.4. The Morgan fingerprint density at radius 2 is 1.65 bits per heavy atom. The van der Waals surface area contributed by atoms with Crippen LogP contribution in [0.5, 0.6) is 0 Å². The summed E-state index contributed by atoms with van der Waals surface area (Å²) in [5, 5.41) is 0.785. The number of aryl methyl sites for hydroxylation is 1. The molecule has 0 spiro atoms. The van der Waals surface area contributed by atoms with Crippen molar-refractivity contribution in [2.24, 2.45) is 0 Å². The van der Waals surface area contributed by atoms with Crippen LogP contribution in [0.4, 0.5) is 0 Å². The predicted molar refractivity (Wildman–Crippen MR) is 94.3 cm³/mol. The number of carbonyl (C=O) groups excluding carboxylic acids is 1. The van der Waals surface area contributed by atoms with Crippen molar-refractivity contribution in [2.45, 2.75) is 12.8 Å². The third kappa shape index (κ3) is 5.50. The van der Waals surface area contributed by atoms with Crippen LogP contribution in [-0.2, 0) is 15.5 Å². The summed E-state index contributed by atoms with van der Waals surface area (Å²) in [7, 11) is 1.70. The second-order valence-electron chi connectivity index (χ2n) is 5.00. The largest absolute Gasteiger partial charge is 0.289 e. The van der Waals surface area contributed by atoms with E-state index in [1.165, 1.54) is 6.07 Å². The molecule has 23 heavy (non-hydrogen) atoms. The maximum atomic E-state index is 12.4. The highest BCUT2D eigenvalue weighted by atomic mass is 35.7. The second kappa shape index (κ2) is 7.67. The molecule has 0 fully saturated rings. The fourth-order valence-electron chi connectivity index (χ4n) is 2.10. The predicted octanol–water partition coefficient (Wildman–Crippen LogP) is 4.73. The topological polar surface area (TPSA) is 51.2 Å². The smallest absolute Gasteiger partial charge is 0.232 e. The Balaban J connectivity index is 2.10. The van der Waals surface area contributed by atoms with E-state index in [-0.39, 0.29) is 11.5 Å². The van der Waals surface area contributed by atoms with Crippen molar-refractivity contribution in [2.75, 3.05) is 5.75 Å². The van der Waals surface area contributed by atoms with Crippen LogP contribution in [0.2, 0.25) is 10.0 Å². The summed E-state index contributed by atoms with van der Waals surface area (Å²) in [5.74, 6) is -0.291. The van der Waals surface area contributed by atoms with Crippen molar-refractivity contribution >= 4 is 48.7 Å². The maximum Gasteiger partial charge on any atom is 0.232 e. The Hall–Kier alpha value is -1.07. The van der Waals surface area contributed by atoms with E-state index in [0.717, 1.165) is 5.56 Å². The monoisotopic (exact) mass is 390 g/mol. The summed E-state index contributed by atoms with van der Waals surface area (Å²) in [6, 6.07) is 11.7. The van der Waals surface area contributed by atoms with Gasteiger partial charge in [-0.1, -0.05) is 47.5 Å². The lowest BCUT2D eigenvalue weighted by molar-refractivity contribution is 0.103. The van der Waals surface area contributed by atoms with Crippen molar-refractivity contribution in [3.63, 3.8) is 0 Å². The molecule has 122 valence electrons. The highest BCUT2D eigenvalue weighted by molar-refractivity contribution is 8.13. The molecule has 0 radical (unpaired) electrons. The SMILES string of the molecule is O=C(c1ccc(CCCS(=O)(=O)Cl)cc1)c1cc(Cl)ccc1Cl. The number of hydrogen-bond acceptors (Lipinski definition) is 3. The minimum atomic E-state index is -3.47. The molecular weight excluding hydrogens is 379 g/mol. The van der Waals surface area contributed by atoms with Crippen molar-refractivity contribution in [1.29, 1.82) is 0 Å². The van der Waals surface area contributed by atoms with Crippen molar-refractivity contribution < 1.29 is 13.2 Å². The van der Waals surface area contributed by atoms with E-state index in [0.29, 0.717) is 34.0 Å². The molecule has 0 aliphatic carbocycles. The lowest BCUT2D eigenvalue weighted by atomic mass is 10.0. The van der Waals surface area contributed by atoms with Crippen LogP contribution in [0.15, 0.2) is 42.5 Å². The third-order valence-corrected chi connectivity index (χ3v) is 5.05. The van der Waals surface area contributed by atoms with E-state index in [2.05, 4.69) is 0 Å². The summed E-state index contributed by atoms with van der Waals surface area (Å²) >= 11 is 11.9. The lowest BCUT2D eigenvalue weighted by Crippen LogP contribution is -2.03. The number of hydrogen-bond donors (Lipinski definition) is 0. The van der Waals surface area contributed by atoms with Crippen LogP contribution in [0.1, 0.15) is 27.9 Å². The number of rotatable bonds is 6. The zero-order valence-corrected chi connectivity index (χ0v) is 15.0. The van der Waals surface area contributed by atoms with Crippen molar-refractivity contribution in [3.8, 4) is 0 Å². The minimum Gasteiger partial charge on any atom is -0.289 e. The zero-order valence-electron chi connectivity index (χ0n) is 11.9. The molecule has 0 aliphatic rings. The maximum absolute atomic E-state index is 12.4. The first-order valence-corrected chi connectivity index (χ1v) is 10.0. The summed E-state index contributed by atoms with van der Waals surface area (Å²) in [6.07, 6.45) is 0.998. The van der Waals surface area contributed by atoms with Gasteiger partial charge < -0.3 is 0 Å². The van der Waals surface area contributed by atoms with Gasteiger partial charge in [-0.15, -0.1) is 0 Å². The van der Waals surface area contributed by atoms with E-state index in [1.54, 1.807) is 36.4 Å². The van der Waals surface area contributed by atoms with Gasteiger partial charge in [0.1, 0.15) is 0 Å². The molecule has 0 bridgehead atoms. The van der Waals surface area contributed by atoms with Crippen LogP contribution >= 0.6 is 33.9 Å². The first-order chi connectivity index (χ1) is 10.8. The highest BCUT2D eigenvalue weighted by Crippen LogP contribution is 2.23. The average molecular weight is 392 g/mol. The number of halogens is 3. The fraction of sp³-hybridized carbons (Fsp3) is 0.188. The fourth-order valence-corrected chi connectivity index (χ4v) is 3.29. The van der Waals surface area contributed by atoms with E-state index < -0.39 is 9.05 Å². The number of ketones is 1. The molecule has 0 aromatic heterocycles. The van der Waals surface area contributed by atoms with Crippen LogP contribution in [0.25, 0.3) is 0 Å². The molecule has 2 aromatic carbocycles. The zero-order chi connectivity index (χ0) is 17.0. The molecule has 0 atom stereocenters. The molecule has 0 heterocycles. The molecular formula is C16H13Cl3O3S. The first-order valence-electron chi connectivity index (χ1n) is 6.77. The van der Waals surface area contributed by atoms with Gasteiger partial charge in [0.05, 0.1) is 10.8 Å². The summed E-state index contributed by atoms with van der Waals surface area (Å²) in [5.41, 5.74) is 1.77. The summed E-state index contributed by atoms with van der Waals surface area (Å²) in [6.45, 7) is 0. The Morgan fingerprint density at radius 1 is 1.00 bits per heavy atom. The van der Waals surface area contributed by atoms with Gasteiger partial charge in [0.25, 0.3) is 0 Å². The van der Waals surface area contributed by atoms with Gasteiger partial charge in [0.15, 0.2) is 5.78 Å². The Kier molecular flexibility index (Phi) is 6.09. The number of carbonyl (C=O) groups is 1. The Labute approximate surface area is 149 Å². The van der Waals surface area contributed by atoms with Gasteiger partial charge in [-0.3, -0.25) is 4.79 Å². The summed E-state index contributed by atoms with van der Waals surface area (Å²) in [4.78, 5) is 12.4. The molecule has 0 N–H and O–H groups in total. The Bertz CT molecular complexity index is 815. The third-order valence-electron chi connectivity index (χ3n) is 3.24. The Morgan fingerprint density at radius 3 is 2.26 bits per heavy atom. The molecule has 2 rings (SSSR count). The first kappa shape index (κ1) is 18.3. The molecule has 0 unspecified atom stereocenters. The quantitative estimate of drug-likeness (QED) is 0.528. The molecule has 0 saturated heterocycles. The molecule has 2 aromatic rings. The van der Waals surface area contributed by atoms with Crippen LogP contribution in [0.3, 0.4) is 0 Å². The highest BCUT2D eigenvalue weighted by Gasteiger charge is 2.13. The van der Waals surface area contributed by atoms with Crippen LogP contribution < -0.4 is 0 Å². The van der Waals surface area contributed by atoms with Crippen LogP contribution in [0, 0.1) is 0 Å². The van der Waals surface area contributed by atoms with Gasteiger partial charge in [0, 0.05) is 26.8 Å². The number of benzene rings is 2. The van der Waals surface area contributed by atoms with E-state index in [9.17, 15) is 13.2 Å². The van der Waals surface area contributed by atoms with Crippen molar-refractivity contribution in [1.82, 2.24) is 0 Å². The molecule has 0 amide bonds.